The lowest BCUT2D eigenvalue weighted by molar-refractivity contribution is 0.206. The van der Waals surface area contributed by atoms with Gasteiger partial charge in [0.1, 0.15) is 11.5 Å². The van der Waals surface area contributed by atoms with E-state index >= 15 is 0 Å². The van der Waals surface area contributed by atoms with Gasteiger partial charge in [-0.3, -0.25) is 0 Å². The molecular formula is C17H24N2O3. The lowest BCUT2D eigenvalue weighted by Crippen LogP contribution is -2.41. The van der Waals surface area contributed by atoms with Crippen molar-refractivity contribution in [2.24, 2.45) is 0 Å². The Morgan fingerprint density at radius 3 is 2.86 bits per heavy atom. The number of benzene rings is 1. The van der Waals surface area contributed by atoms with Gasteiger partial charge in [-0.2, -0.15) is 0 Å². The van der Waals surface area contributed by atoms with E-state index in [4.69, 9.17) is 9.47 Å². The number of carbonyl (C=O) groups is 1. The molecule has 5 nitrogen and oxygen atoms in total. The van der Waals surface area contributed by atoms with Gasteiger partial charge in [-0.25, -0.2) is 4.79 Å². The molecule has 1 N–H and O–H groups in total. The molecule has 1 aromatic carbocycles. The average Bonchev–Trinajstić information content (AvgIpc) is 3.10. The van der Waals surface area contributed by atoms with Gasteiger partial charge in [-0.1, -0.05) is 0 Å². The summed E-state index contributed by atoms with van der Waals surface area (Å²) in [7, 11) is 1.83. The van der Waals surface area contributed by atoms with Gasteiger partial charge in [-0.15, -0.1) is 0 Å². The van der Waals surface area contributed by atoms with Crippen LogP contribution in [0.1, 0.15) is 30.5 Å². The summed E-state index contributed by atoms with van der Waals surface area (Å²) in [6.45, 7) is 6.09. The van der Waals surface area contributed by atoms with Crippen molar-refractivity contribution in [3.63, 3.8) is 0 Å². The minimum Gasteiger partial charge on any atom is -0.493 e. The van der Waals surface area contributed by atoms with Crippen molar-refractivity contribution >= 4 is 6.03 Å². The fraction of sp³-hybridized carbons (Fsp3) is 0.588. The number of nitrogens with one attached hydrogen (secondary N) is 1. The fourth-order valence-corrected chi connectivity index (χ4v) is 3.09. The van der Waals surface area contributed by atoms with Gasteiger partial charge >= 0.3 is 6.03 Å². The van der Waals surface area contributed by atoms with E-state index in [9.17, 15) is 4.79 Å². The molecule has 0 aromatic heterocycles. The van der Waals surface area contributed by atoms with Crippen molar-refractivity contribution in [1.29, 1.82) is 0 Å². The predicted octanol–water partition coefficient (Wildman–Crippen LogP) is 2.15. The minimum absolute atomic E-state index is 0.0311. The van der Waals surface area contributed by atoms with E-state index in [0.717, 1.165) is 44.0 Å². The first-order valence-electron chi connectivity index (χ1n) is 8.01. The topological polar surface area (TPSA) is 50.8 Å². The maximum absolute atomic E-state index is 12.0. The van der Waals surface area contributed by atoms with Crippen LogP contribution in [0.5, 0.6) is 11.5 Å². The molecule has 2 amide bonds. The molecule has 0 atom stereocenters. The van der Waals surface area contributed by atoms with Crippen LogP contribution in [0.25, 0.3) is 0 Å². The first-order valence-corrected chi connectivity index (χ1v) is 8.01. The van der Waals surface area contributed by atoms with Gasteiger partial charge in [-0.05, 0) is 26.3 Å². The van der Waals surface area contributed by atoms with Crippen LogP contribution < -0.4 is 14.8 Å². The molecule has 0 radical (unpaired) electrons. The number of carbonyl (C=O) groups excluding carboxylic acids is 1. The number of urea groups is 1. The maximum Gasteiger partial charge on any atom is 0.317 e. The second-order valence-corrected chi connectivity index (χ2v) is 6.29. The molecule has 22 heavy (non-hydrogen) atoms. The van der Waals surface area contributed by atoms with Crippen LogP contribution in [-0.2, 0) is 19.3 Å². The van der Waals surface area contributed by atoms with Gasteiger partial charge in [0, 0.05) is 49.2 Å². The molecule has 0 bridgehead atoms. The van der Waals surface area contributed by atoms with E-state index in [2.05, 4.69) is 11.4 Å². The second kappa shape index (κ2) is 6.07. The Balaban J connectivity index is 1.74. The largest absolute Gasteiger partial charge is 0.493 e. The molecule has 5 heteroatoms. The zero-order valence-corrected chi connectivity index (χ0v) is 13.6. The van der Waals surface area contributed by atoms with E-state index < -0.39 is 0 Å². The van der Waals surface area contributed by atoms with Crippen LogP contribution >= 0.6 is 0 Å². The molecule has 0 fully saturated rings. The third-order valence-corrected chi connectivity index (χ3v) is 4.22. The molecule has 0 saturated carbocycles. The number of amides is 2. The highest BCUT2D eigenvalue weighted by Crippen LogP contribution is 2.40. The van der Waals surface area contributed by atoms with Crippen molar-refractivity contribution < 1.29 is 14.3 Å². The van der Waals surface area contributed by atoms with Crippen molar-refractivity contribution in [3.05, 3.63) is 22.8 Å². The van der Waals surface area contributed by atoms with Crippen LogP contribution in [0.3, 0.4) is 0 Å². The van der Waals surface area contributed by atoms with Crippen molar-refractivity contribution in [3.8, 4) is 11.5 Å². The molecule has 2 aliphatic rings. The SMILES string of the molecule is CC(C)NC(=O)N(C)CCc1c2c(cc3c1OCC3)OCC2. The number of ether oxygens (including phenoxy) is 2. The van der Waals surface area contributed by atoms with E-state index in [1.165, 1.54) is 16.7 Å². The van der Waals surface area contributed by atoms with Gasteiger partial charge in [0.2, 0.25) is 0 Å². The van der Waals surface area contributed by atoms with Gasteiger partial charge in [0.05, 0.1) is 13.2 Å². The number of rotatable bonds is 4. The lowest BCUT2D eigenvalue weighted by Gasteiger charge is -2.21. The number of fused-ring (bicyclic) bond motifs is 2. The maximum atomic E-state index is 12.0. The highest BCUT2D eigenvalue weighted by Gasteiger charge is 2.26. The summed E-state index contributed by atoms with van der Waals surface area (Å²) >= 11 is 0. The van der Waals surface area contributed by atoms with Crippen LogP contribution in [0, 0.1) is 0 Å². The van der Waals surface area contributed by atoms with Crippen molar-refractivity contribution in [2.45, 2.75) is 39.2 Å². The smallest absolute Gasteiger partial charge is 0.317 e. The Kier molecular flexibility index (Phi) is 4.14. The van der Waals surface area contributed by atoms with E-state index in [-0.39, 0.29) is 12.1 Å². The summed E-state index contributed by atoms with van der Waals surface area (Å²) in [5.74, 6) is 2.04. The Morgan fingerprint density at radius 2 is 2.09 bits per heavy atom. The van der Waals surface area contributed by atoms with Gasteiger partial charge in [0.25, 0.3) is 0 Å². The van der Waals surface area contributed by atoms with E-state index in [1.54, 1.807) is 4.90 Å². The zero-order valence-electron chi connectivity index (χ0n) is 13.6. The summed E-state index contributed by atoms with van der Waals surface area (Å²) < 4.78 is 11.6. The lowest BCUT2D eigenvalue weighted by atomic mass is 9.97. The molecule has 3 rings (SSSR count). The third kappa shape index (κ3) is 2.85. The van der Waals surface area contributed by atoms with E-state index in [0.29, 0.717) is 6.54 Å². The fourth-order valence-electron chi connectivity index (χ4n) is 3.09. The second-order valence-electron chi connectivity index (χ2n) is 6.29. The van der Waals surface area contributed by atoms with Gasteiger partial charge < -0.3 is 19.7 Å². The predicted molar refractivity (Wildman–Crippen MR) is 84.8 cm³/mol. The van der Waals surface area contributed by atoms with Crippen molar-refractivity contribution in [1.82, 2.24) is 10.2 Å². The highest BCUT2D eigenvalue weighted by molar-refractivity contribution is 5.74. The van der Waals surface area contributed by atoms with Crippen LogP contribution in [0.15, 0.2) is 6.07 Å². The Morgan fingerprint density at radius 1 is 1.32 bits per heavy atom. The van der Waals surface area contributed by atoms with Crippen LogP contribution in [0.4, 0.5) is 4.79 Å². The Labute approximate surface area is 131 Å². The summed E-state index contributed by atoms with van der Waals surface area (Å²) in [6, 6.07) is 2.25. The van der Waals surface area contributed by atoms with E-state index in [1.807, 2.05) is 20.9 Å². The standard InChI is InChI=1S/C17H24N2O3/c1-11(2)18-17(20)19(3)7-4-14-13-6-9-21-15(13)10-12-5-8-22-16(12)14/h10-11H,4-9H2,1-3H3,(H,18,20). The normalized spacial score (nSPS) is 15.1. The molecule has 2 aliphatic heterocycles. The summed E-state index contributed by atoms with van der Waals surface area (Å²) in [6.07, 6.45) is 2.68. The zero-order chi connectivity index (χ0) is 15.7. The minimum atomic E-state index is -0.0311. The molecular weight excluding hydrogens is 280 g/mol. The summed E-state index contributed by atoms with van der Waals surface area (Å²) in [5, 5.41) is 2.91. The number of hydrogen-bond donors (Lipinski definition) is 1. The summed E-state index contributed by atoms with van der Waals surface area (Å²) in [4.78, 5) is 13.7. The quantitative estimate of drug-likeness (QED) is 0.927. The number of nitrogens with zero attached hydrogens (tertiary/aromatic N) is 1. The van der Waals surface area contributed by atoms with Crippen molar-refractivity contribution in [2.75, 3.05) is 26.8 Å². The molecule has 0 aliphatic carbocycles. The molecule has 0 unspecified atom stereocenters. The molecule has 2 heterocycles. The van der Waals surface area contributed by atoms with Crippen LogP contribution in [0.2, 0.25) is 0 Å². The molecule has 0 saturated heterocycles. The molecule has 120 valence electrons. The molecule has 0 spiro atoms. The Hall–Kier alpha value is -1.91. The van der Waals surface area contributed by atoms with Crippen LogP contribution in [-0.4, -0.2) is 43.8 Å². The third-order valence-electron chi connectivity index (χ3n) is 4.22. The Bertz CT molecular complexity index is 552. The first-order chi connectivity index (χ1) is 10.6. The molecule has 1 aromatic rings. The van der Waals surface area contributed by atoms with Gasteiger partial charge in [0.15, 0.2) is 0 Å². The average molecular weight is 304 g/mol. The highest BCUT2D eigenvalue weighted by atomic mass is 16.5. The summed E-state index contributed by atoms with van der Waals surface area (Å²) in [5.41, 5.74) is 3.73. The first kappa shape index (κ1) is 15.0. The number of likely N-dealkylation sites (N-methyl/N-ethyl adjacent to an activating group) is 1. The number of hydrogen-bond acceptors (Lipinski definition) is 3. The monoisotopic (exact) mass is 304 g/mol.